The number of carbonyl (C=O) groups is 1. The number of rotatable bonds is 7. The van der Waals surface area contributed by atoms with E-state index in [0.717, 1.165) is 44.4 Å². The number of anilines is 1. The van der Waals surface area contributed by atoms with E-state index in [0.29, 0.717) is 17.8 Å². The van der Waals surface area contributed by atoms with Crippen molar-refractivity contribution in [3.8, 4) is 0 Å². The summed E-state index contributed by atoms with van der Waals surface area (Å²) in [7, 11) is 0. The second kappa shape index (κ2) is 10.7. The molecule has 1 aromatic rings. The first kappa shape index (κ1) is 19.1. The first-order valence-corrected chi connectivity index (χ1v) is 8.43. The minimum Gasteiger partial charge on any atom is -0.399 e. The monoisotopic (exact) mass is 345 g/mol. The first-order chi connectivity index (χ1) is 10.3. The van der Waals surface area contributed by atoms with Crippen LogP contribution in [0.4, 0.5) is 5.69 Å². The maximum absolute atomic E-state index is 11.9. The third-order valence-corrected chi connectivity index (χ3v) is 4.32. The number of carbonyl (C=O) groups excluding carboxylic acids is 1. The number of nitrogens with two attached hydrogens (primary N) is 1. The molecule has 0 atom stereocenters. The summed E-state index contributed by atoms with van der Waals surface area (Å²) in [5.41, 5.74) is 6.92. The van der Waals surface area contributed by atoms with Gasteiger partial charge in [0.2, 0.25) is 0 Å². The quantitative estimate of drug-likeness (QED) is 0.579. The summed E-state index contributed by atoms with van der Waals surface area (Å²) in [6.07, 6.45) is 0. The van der Waals surface area contributed by atoms with E-state index in [2.05, 4.69) is 10.2 Å². The minimum atomic E-state index is -0.0382. The second-order valence-corrected chi connectivity index (χ2v) is 6.17. The molecule has 2 rings (SSSR count). The van der Waals surface area contributed by atoms with Gasteiger partial charge in [-0.15, -0.1) is 12.4 Å². The maximum Gasteiger partial charge on any atom is 0.251 e. The molecule has 0 saturated carbocycles. The first-order valence-electron chi connectivity index (χ1n) is 7.27. The third kappa shape index (κ3) is 6.87. The number of benzene rings is 1. The molecule has 22 heavy (non-hydrogen) atoms. The van der Waals surface area contributed by atoms with Gasteiger partial charge in [0, 0.05) is 48.9 Å². The molecule has 3 N–H and O–H groups in total. The number of morpholine rings is 1. The molecule has 0 aliphatic carbocycles. The molecule has 124 valence electrons. The van der Waals surface area contributed by atoms with E-state index in [9.17, 15) is 4.79 Å². The largest absolute Gasteiger partial charge is 0.399 e. The van der Waals surface area contributed by atoms with Crippen LogP contribution in [0.3, 0.4) is 0 Å². The van der Waals surface area contributed by atoms with Crippen molar-refractivity contribution in [1.82, 2.24) is 10.2 Å². The number of thioether (sulfide) groups is 1. The van der Waals surface area contributed by atoms with Crippen molar-refractivity contribution in [3.05, 3.63) is 29.8 Å². The van der Waals surface area contributed by atoms with Gasteiger partial charge in [-0.05, 0) is 24.3 Å². The number of halogens is 1. The number of hydrogen-bond acceptors (Lipinski definition) is 5. The summed E-state index contributed by atoms with van der Waals surface area (Å²) in [6, 6.07) is 6.98. The Balaban J connectivity index is 0.00000242. The Labute approximate surface area is 142 Å². The van der Waals surface area contributed by atoms with Crippen LogP contribution in [-0.4, -0.2) is 61.7 Å². The van der Waals surface area contributed by atoms with E-state index in [1.54, 1.807) is 24.3 Å². The lowest BCUT2D eigenvalue weighted by molar-refractivity contribution is 0.0410. The van der Waals surface area contributed by atoms with Crippen LogP contribution in [-0.2, 0) is 4.74 Å². The van der Waals surface area contributed by atoms with E-state index in [-0.39, 0.29) is 18.3 Å². The minimum absolute atomic E-state index is 0. The van der Waals surface area contributed by atoms with Crippen molar-refractivity contribution in [3.63, 3.8) is 0 Å². The van der Waals surface area contributed by atoms with Crippen LogP contribution < -0.4 is 11.1 Å². The molecule has 0 aromatic heterocycles. The molecule has 1 aromatic carbocycles. The summed E-state index contributed by atoms with van der Waals surface area (Å²) >= 11 is 1.87. The number of ether oxygens (including phenoxy) is 1. The van der Waals surface area contributed by atoms with Crippen molar-refractivity contribution >= 4 is 35.8 Å². The summed E-state index contributed by atoms with van der Waals surface area (Å²) in [5, 5.41) is 2.92. The fraction of sp³-hybridized carbons (Fsp3) is 0.533. The highest BCUT2D eigenvalue weighted by molar-refractivity contribution is 7.99. The fourth-order valence-corrected chi connectivity index (χ4v) is 2.93. The van der Waals surface area contributed by atoms with Gasteiger partial charge in [0.15, 0.2) is 0 Å². The van der Waals surface area contributed by atoms with Gasteiger partial charge in [0.1, 0.15) is 0 Å². The van der Waals surface area contributed by atoms with Crippen molar-refractivity contribution in [2.24, 2.45) is 0 Å². The van der Waals surface area contributed by atoms with Crippen LogP contribution in [0.2, 0.25) is 0 Å². The molecule has 1 amide bonds. The predicted octanol–water partition coefficient (Wildman–Crippen LogP) is 1.49. The van der Waals surface area contributed by atoms with Crippen molar-refractivity contribution in [1.29, 1.82) is 0 Å². The van der Waals surface area contributed by atoms with Crippen LogP contribution in [0.5, 0.6) is 0 Å². The SMILES string of the molecule is Cl.Nc1ccc(C(=O)NCCSCCN2CCOCC2)cc1. The Hall–Kier alpha value is -0.950. The Bertz CT molecular complexity index is 439. The lowest BCUT2D eigenvalue weighted by Gasteiger charge is -2.26. The van der Waals surface area contributed by atoms with E-state index >= 15 is 0 Å². The molecule has 7 heteroatoms. The molecule has 0 unspecified atom stereocenters. The third-order valence-electron chi connectivity index (χ3n) is 3.36. The summed E-state index contributed by atoms with van der Waals surface area (Å²) in [6.45, 7) is 5.56. The van der Waals surface area contributed by atoms with E-state index in [4.69, 9.17) is 10.5 Å². The highest BCUT2D eigenvalue weighted by Crippen LogP contribution is 2.06. The standard InChI is InChI=1S/C15H23N3O2S.ClH/c16-14-3-1-13(2-4-14)15(19)17-5-11-21-12-8-18-6-9-20-10-7-18;/h1-4H,5-12,16H2,(H,17,19);1H. The average molecular weight is 346 g/mol. The summed E-state index contributed by atoms with van der Waals surface area (Å²) < 4.78 is 5.32. The molecule has 5 nitrogen and oxygen atoms in total. The molecule has 1 heterocycles. The second-order valence-electron chi connectivity index (χ2n) is 4.94. The van der Waals surface area contributed by atoms with Gasteiger partial charge in [-0.2, -0.15) is 11.8 Å². The van der Waals surface area contributed by atoms with E-state index in [1.165, 1.54) is 0 Å². The molecular weight excluding hydrogens is 322 g/mol. The Kier molecular flexibility index (Phi) is 9.31. The topological polar surface area (TPSA) is 67.6 Å². The van der Waals surface area contributed by atoms with Crippen LogP contribution in [0.25, 0.3) is 0 Å². The molecule has 1 saturated heterocycles. The number of nitrogens with one attached hydrogen (secondary N) is 1. The molecule has 0 spiro atoms. The molecule has 1 fully saturated rings. The number of nitrogens with zero attached hydrogens (tertiary/aromatic N) is 1. The lowest BCUT2D eigenvalue weighted by atomic mass is 10.2. The van der Waals surface area contributed by atoms with Gasteiger partial charge in [0.05, 0.1) is 13.2 Å². The Morgan fingerprint density at radius 2 is 1.91 bits per heavy atom. The highest BCUT2D eigenvalue weighted by Gasteiger charge is 2.09. The highest BCUT2D eigenvalue weighted by atomic mass is 35.5. The lowest BCUT2D eigenvalue weighted by Crippen LogP contribution is -2.37. The summed E-state index contributed by atoms with van der Waals surface area (Å²) in [5.74, 6) is 1.99. The number of nitrogen functional groups attached to an aromatic ring is 1. The molecule has 1 aliphatic rings. The maximum atomic E-state index is 11.9. The van der Waals surface area contributed by atoms with Gasteiger partial charge in [0.25, 0.3) is 5.91 Å². The van der Waals surface area contributed by atoms with Crippen molar-refractivity contribution in [2.75, 3.05) is 56.6 Å². The Morgan fingerprint density at radius 3 is 2.59 bits per heavy atom. The molecular formula is C15H24ClN3O2S. The van der Waals surface area contributed by atoms with Crippen molar-refractivity contribution < 1.29 is 9.53 Å². The normalized spacial score (nSPS) is 15.1. The van der Waals surface area contributed by atoms with Gasteiger partial charge >= 0.3 is 0 Å². The smallest absolute Gasteiger partial charge is 0.251 e. The van der Waals surface area contributed by atoms with Crippen LogP contribution >= 0.6 is 24.2 Å². The van der Waals surface area contributed by atoms with E-state index in [1.807, 2.05) is 11.8 Å². The zero-order valence-corrected chi connectivity index (χ0v) is 14.3. The summed E-state index contributed by atoms with van der Waals surface area (Å²) in [4.78, 5) is 14.3. The number of hydrogen-bond donors (Lipinski definition) is 2. The average Bonchev–Trinajstić information content (AvgIpc) is 2.52. The van der Waals surface area contributed by atoms with Gasteiger partial charge in [-0.3, -0.25) is 9.69 Å². The Morgan fingerprint density at radius 1 is 1.23 bits per heavy atom. The molecule has 0 bridgehead atoms. The van der Waals surface area contributed by atoms with Crippen molar-refractivity contribution in [2.45, 2.75) is 0 Å². The fourth-order valence-electron chi connectivity index (χ4n) is 2.09. The van der Waals surface area contributed by atoms with Crippen LogP contribution in [0.15, 0.2) is 24.3 Å². The van der Waals surface area contributed by atoms with Crippen LogP contribution in [0, 0.1) is 0 Å². The van der Waals surface area contributed by atoms with E-state index < -0.39 is 0 Å². The predicted molar refractivity (Wildman–Crippen MR) is 95.0 cm³/mol. The van der Waals surface area contributed by atoms with Crippen LogP contribution in [0.1, 0.15) is 10.4 Å². The zero-order chi connectivity index (χ0) is 14.9. The zero-order valence-electron chi connectivity index (χ0n) is 12.6. The molecule has 0 radical (unpaired) electrons. The number of amides is 1. The molecule has 1 aliphatic heterocycles. The van der Waals surface area contributed by atoms with Gasteiger partial charge in [-0.25, -0.2) is 0 Å². The van der Waals surface area contributed by atoms with Gasteiger partial charge < -0.3 is 15.8 Å². The van der Waals surface area contributed by atoms with Gasteiger partial charge in [-0.1, -0.05) is 0 Å².